The fraction of sp³-hybridized carbons (Fsp3) is 0.133. The maximum atomic E-state index is 4.53. The van der Waals surface area contributed by atoms with Crippen LogP contribution in [0.5, 0.6) is 0 Å². The molecule has 0 saturated carbocycles. The second-order valence-corrected chi connectivity index (χ2v) is 5.74. The largest absolute Gasteiger partial charge is 0.288 e. The molecule has 2 heterocycles. The molecule has 0 atom stereocenters. The zero-order valence-electron chi connectivity index (χ0n) is 11.2. The molecule has 0 N–H and O–H groups in total. The molecule has 0 aliphatic rings. The maximum absolute atomic E-state index is 4.53. The highest BCUT2D eigenvalue weighted by Gasteiger charge is 2.12. The van der Waals surface area contributed by atoms with Crippen molar-refractivity contribution in [2.75, 3.05) is 6.54 Å². The van der Waals surface area contributed by atoms with E-state index in [0.717, 1.165) is 5.56 Å². The quantitative estimate of drug-likeness (QED) is 0.496. The zero-order chi connectivity index (χ0) is 14.5. The van der Waals surface area contributed by atoms with E-state index in [0.29, 0.717) is 6.54 Å². The van der Waals surface area contributed by atoms with E-state index in [1.54, 1.807) is 12.4 Å². The Labute approximate surface area is 136 Å². The third-order valence-corrected chi connectivity index (χ3v) is 3.76. The smallest absolute Gasteiger partial charge is 0.162 e. The normalized spacial score (nSPS) is 11.5. The summed E-state index contributed by atoms with van der Waals surface area (Å²) in [6.07, 6.45) is 9.21. The highest BCUT2D eigenvalue weighted by atomic mass is 127. The lowest BCUT2D eigenvalue weighted by Gasteiger charge is -2.15. The summed E-state index contributed by atoms with van der Waals surface area (Å²) in [5.41, 5.74) is 1.09. The summed E-state index contributed by atoms with van der Waals surface area (Å²) in [5, 5.41) is 8.58. The number of hydrogen-bond acceptors (Lipinski definition) is 3. The second-order valence-electron chi connectivity index (χ2n) is 4.50. The van der Waals surface area contributed by atoms with Crippen molar-refractivity contribution in [3.63, 3.8) is 0 Å². The summed E-state index contributed by atoms with van der Waals surface area (Å²) < 4.78 is 4.94. The molecular weight excluding hydrogens is 377 g/mol. The van der Waals surface area contributed by atoms with Gasteiger partial charge >= 0.3 is 0 Å². The van der Waals surface area contributed by atoms with Gasteiger partial charge < -0.3 is 0 Å². The van der Waals surface area contributed by atoms with Crippen LogP contribution in [0.25, 0.3) is 0 Å². The molecule has 0 unspecified atom stereocenters. The molecule has 0 aliphatic heterocycles. The van der Waals surface area contributed by atoms with Gasteiger partial charge in [0.25, 0.3) is 0 Å². The first-order chi connectivity index (χ1) is 10.3. The van der Waals surface area contributed by atoms with Gasteiger partial charge in [0, 0.05) is 34.6 Å². The summed E-state index contributed by atoms with van der Waals surface area (Å²) in [6, 6.07) is 12.1. The number of benzene rings is 1. The van der Waals surface area contributed by atoms with Crippen LogP contribution in [0.3, 0.4) is 0 Å². The van der Waals surface area contributed by atoms with E-state index in [2.05, 4.69) is 62.0 Å². The fourth-order valence-corrected chi connectivity index (χ4v) is 2.36. The van der Waals surface area contributed by atoms with Crippen LogP contribution in [0.15, 0.2) is 66.2 Å². The Bertz CT molecular complexity index is 652. The van der Waals surface area contributed by atoms with Crippen LogP contribution in [0.2, 0.25) is 0 Å². The van der Waals surface area contributed by atoms with Gasteiger partial charge in [0.15, 0.2) is 6.17 Å². The zero-order valence-corrected chi connectivity index (χ0v) is 13.4. The minimum absolute atomic E-state index is 0.0462. The molecule has 0 amide bonds. The van der Waals surface area contributed by atoms with Crippen LogP contribution < -0.4 is 0 Å². The number of aromatic nitrogens is 4. The van der Waals surface area contributed by atoms with Crippen molar-refractivity contribution >= 4 is 28.8 Å². The van der Waals surface area contributed by atoms with E-state index in [4.69, 9.17) is 0 Å². The molecule has 6 heteroatoms. The molecule has 21 heavy (non-hydrogen) atoms. The molecule has 3 aromatic rings. The van der Waals surface area contributed by atoms with E-state index in [-0.39, 0.29) is 6.17 Å². The van der Waals surface area contributed by atoms with Crippen molar-refractivity contribution in [1.29, 1.82) is 0 Å². The van der Waals surface area contributed by atoms with Crippen LogP contribution >= 0.6 is 22.6 Å². The SMILES string of the molecule is Ic1ccc(C=NCC(n2cccn2)n2cccn2)cc1. The molecule has 106 valence electrons. The first-order valence-electron chi connectivity index (χ1n) is 6.56. The third kappa shape index (κ3) is 3.57. The molecule has 0 saturated heterocycles. The number of nitrogens with zero attached hydrogens (tertiary/aromatic N) is 5. The number of aliphatic imine (C=N–C) groups is 1. The molecule has 0 spiro atoms. The first-order valence-corrected chi connectivity index (χ1v) is 7.64. The predicted molar refractivity (Wildman–Crippen MR) is 90.5 cm³/mol. The van der Waals surface area contributed by atoms with Crippen LogP contribution in [0.4, 0.5) is 0 Å². The van der Waals surface area contributed by atoms with Crippen molar-refractivity contribution in [3.8, 4) is 0 Å². The first kappa shape index (κ1) is 14.0. The molecule has 0 aliphatic carbocycles. The van der Waals surface area contributed by atoms with Crippen molar-refractivity contribution in [1.82, 2.24) is 19.6 Å². The minimum atomic E-state index is -0.0462. The summed E-state index contributed by atoms with van der Waals surface area (Å²) in [4.78, 5) is 4.53. The van der Waals surface area contributed by atoms with Gasteiger partial charge in [-0.2, -0.15) is 10.2 Å². The molecule has 5 nitrogen and oxygen atoms in total. The Morgan fingerprint density at radius 1 is 1.05 bits per heavy atom. The van der Waals surface area contributed by atoms with Crippen molar-refractivity contribution in [2.24, 2.45) is 4.99 Å². The molecule has 2 aromatic heterocycles. The highest BCUT2D eigenvalue weighted by molar-refractivity contribution is 14.1. The topological polar surface area (TPSA) is 48.0 Å². The van der Waals surface area contributed by atoms with Gasteiger partial charge in [-0.3, -0.25) is 4.99 Å². The highest BCUT2D eigenvalue weighted by Crippen LogP contribution is 2.09. The van der Waals surface area contributed by atoms with Crippen molar-refractivity contribution in [2.45, 2.75) is 6.17 Å². The standard InChI is InChI=1S/C15H14IN5/c16-14-5-3-13(4-6-14)11-17-12-15(20-9-1-7-18-20)21-10-2-8-19-21/h1-11,15H,12H2. The molecule has 0 radical (unpaired) electrons. The van der Waals surface area contributed by atoms with Crippen molar-refractivity contribution < 1.29 is 0 Å². The Morgan fingerprint density at radius 3 is 2.19 bits per heavy atom. The van der Waals surface area contributed by atoms with Gasteiger partial charge in [0.2, 0.25) is 0 Å². The fourth-order valence-electron chi connectivity index (χ4n) is 2.00. The van der Waals surface area contributed by atoms with Gasteiger partial charge in [-0.1, -0.05) is 12.1 Å². The minimum Gasteiger partial charge on any atom is -0.288 e. The van der Waals surface area contributed by atoms with Crippen molar-refractivity contribution in [3.05, 3.63) is 70.3 Å². The number of halogens is 1. The molecular formula is C15H14IN5. The van der Waals surface area contributed by atoms with Gasteiger partial charge in [-0.25, -0.2) is 9.36 Å². The van der Waals surface area contributed by atoms with Crippen LogP contribution in [-0.2, 0) is 0 Å². The Morgan fingerprint density at radius 2 is 1.67 bits per heavy atom. The average Bonchev–Trinajstić information content (AvgIpc) is 3.19. The Hall–Kier alpha value is -1.96. The number of rotatable bonds is 5. The summed E-state index contributed by atoms with van der Waals surface area (Å²) >= 11 is 2.29. The molecule has 0 bridgehead atoms. The predicted octanol–water partition coefficient (Wildman–Crippen LogP) is 2.85. The maximum Gasteiger partial charge on any atom is 0.162 e. The van der Waals surface area contributed by atoms with Gasteiger partial charge in [-0.05, 0) is 52.4 Å². The van der Waals surface area contributed by atoms with Crippen LogP contribution in [0, 0.1) is 3.57 Å². The van der Waals surface area contributed by atoms with Gasteiger partial charge in [0.1, 0.15) is 0 Å². The summed E-state index contributed by atoms with van der Waals surface area (Å²) in [7, 11) is 0. The van der Waals surface area contributed by atoms with E-state index in [1.165, 1.54) is 3.57 Å². The lowest BCUT2D eigenvalue weighted by atomic mass is 10.2. The van der Waals surface area contributed by atoms with E-state index < -0.39 is 0 Å². The molecule has 0 fully saturated rings. The van der Waals surface area contributed by atoms with E-state index >= 15 is 0 Å². The number of hydrogen-bond donors (Lipinski definition) is 0. The van der Waals surface area contributed by atoms with Gasteiger partial charge in [-0.15, -0.1) is 0 Å². The monoisotopic (exact) mass is 391 g/mol. The summed E-state index contributed by atoms with van der Waals surface area (Å²) in [5.74, 6) is 0. The van der Waals surface area contributed by atoms with E-state index in [9.17, 15) is 0 Å². The van der Waals surface area contributed by atoms with Gasteiger partial charge in [0.05, 0.1) is 6.54 Å². The lowest BCUT2D eigenvalue weighted by molar-refractivity contribution is 0.369. The summed E-state index contributed by atoms with van der Waals surface area (Å²) in [6.45, 7) is 0.579. The Kier molecular flexibility index (Phi) is 4.44. The second kappa shape index (κ2) is 6.66. The van der Waals surface area contributed by atoms with Crippen LogP contribution in [-0.4, -0.2) is 32.3 Å². The van der Waals surface area contributed by atoms with E-state index in [1.807, 2.05) is 40.1 Å². The average molecular weight is 391 g/mol. The van der Waals surface area contributed by atoms with Crippen LogP contribution in [0.1, 0.15) is 11.7 Å². The molecule has 1 aromatic carbocycles. The third-order valence-electron chi connectivity index (χ3n) is 3.04. The Balaban J connectivity index is 1.75. The lowest BCUT2D eigenvalue weighted by Crippen LogP contribution is -2.22. The molecule has 3 rings (SSSR count).